The van der Waals surface area contributed by atoms with Crippen LogP contribution in [0.5, 0.6) is 0 Å². The molecule has 0 unspecified atom stereocenters. The third kappa shape index (κ3) is 3.81. The van der Waals surface area contributed by atoms with Crippen molar-refractivity contribution >= 4 is 28.6 Å². The van der Waals surface area contributed by atoms with Crippen LogP contribution in [0, 0.1) is 5.82 Å². The minimum Gasteiger partial charge on any atom is -0.438 e. The third-order valence-corrected chi connectivity index (χ3v) is 6.13. The Morgan fingerprint density at radius 1 is 1.06 bits per heavy atom. The number of halogens is 2. The van der Waals surface area contributed by atoms with Crippen LogP contribution in [0.25, 0.3) is 22.2 Å². The first-order chi connectivity index (χ1) is 15.1. The Kier molecular flexibility index (Phi) is 5.20. The van der Waals surface area contributed by atoms with Crippen LogP contribution < -0.4 is 0 Å². The molecular weight excluding hydrogens is 415 g/mol. The van der Waals surface area contributed by atoms with Crippen molar-refractivity contribution in [2.75, 3.05) is 6.54 Å². The summed E-state index contributed by atoms with van der Waals surface area (Å²) in [5.41, 5.74) is 3.73. The summed E-state index contributed by atoms with van der Waals surface area (Å²) in [4.78, 5) is 19.5. The fourth-order valence-corrected chi connectivity index (χ4v) is 4.40. The molecule has 156 valence electrons. The standard InChI is InChI=1S/C25H20ClFN2O2/c26-23(16-6-2-1-3-7-16)25(30)29-13-5-10-21(29)24-28-20-15-18(11-12-22(20)31-24)17-8-4-9-19(27)14-17/h1-4,6-9,11-12,14-15,21,23H,5,10,13H2/t21-,23+/m1/s1. The van der Waals surface area contributed by atoms with E-state index in [2.05, 4.69) is 4.98 Å². The summed E-state index contributed by atoms with van der Waals surface area (Å²) in [6, 6.07) is 21.1. The maximum absolute atomic E-state index is 13.6. The predicted octanol–water partition coefficient (Wildman–Crippen LogP) is 6.28. The molecule has 3 aromatic carbocycles. The number of carbonyl (C=O) groups is 1. The Hall–Kier alpha value is -3.18. The van der Waals surface area contributed by atoms with Gasteiger partial charge in [-0.15, -0.1) is 11.6 Å². The van der Waals surface area contributed by atoms with E-state index in [0.29, 0.717) is 23.5 Å². The molecule has 1 aliphatic rings. The van der Waals surface area contributed by atoms with Crippen molar-refractivity contribution in [2.24, 2.45) is 0 Å². The van der Waals surface area contributed by atoms with Gasteiger partial charge in [0.25, 0.3) is 0 Å². The maximum atomic E-state index is 13.6. The summed E-state index contributed by atoms with van der Waals surface area (Å²) in [6.07, 6.45) is 1.63. The average Bonchev–Trinajstić information content (AvgIpc) is 3.45. The fraction of sp³-hybridized carbons (Fsp3) is 0.200. The van der Waals surface area contributed by atoms with Crippen molar-refractivity contribution < 1.29 is 13.6 Å². The van der Waals surface area contributed by atoms with Crippen molar-refractivity contribution in [2.45, 2.75) is 24.3 Å². The molecule has 0 aliphatic carbocycles. The van der Waals surface area contributed by atoms with Crippen molar-refractivity contribution in [3.05, 3.63) is 90.1 Å². The second kappa shape index (κ2) is 8.16. The van der Waals surface area contributed by atoms with Crippen LogP contribution in [-0.4, -0.2) is 22.3 Å². The molecule has 0 saturated carbocycles. The number of fused-ring (bicyclic) bond motifs is 1. The number of alkyl halides is 1. The first kappa shape index (κ1) is 19.8. The molecule has 4 aromatic rings. The largest absolute Gasteiger partial charge is 0.438 e. The van der Waals surface area contributed by atoms with Gasteiger partial charge in [0.15, 0.2) is 5.58 Å². The Morgan fingerprint density at radius 2 is 1.87 bits per heavy atom. The van der Waals surface area contributed by atoms with E-state index in [-0.39, 0.29) is 17.8 Å². The highest BCUT2D eigenvalue weighted by molar-refractivity contribution is 6.30. The van der Waals surface area contributed by atoms with E-state index in [1.807, 2.05) is 54.6 Å². The van der Waals surface area contributed by atoms with Crippen LogP contribution in [0.3, 0.4) is 0 Å². The van der Waals surface area contributed by atoms with Crippen LogP contribution in [-0.2, 0) is 4.79 Å². The second-order valence-electron chi connectivity index (χ2n) is 7.71. The topological polar surface area (TPSA) is 46.3 Å². The smallest absolute Gasteiger partial charge is 0.245 e. The van der Waals surface area contributed by atoms with Gasteiger partial charge in [0.1, 0.15) is 22.8 Å². The van der Waals surface area contributed by atoms with Gasteiger partial charge in [-0.3, -0.25) is 4.79 Å². The molecule has 0 spiro atoms. The zero-order chi connectivity index (χ0) is 21.4. The molecule has 0 radical (unpaired) electrons. The normalized spacial score (nSPS) is 17.2. The number of likely N-dealkylation sites (tertiary alicyclic amines) is 1. The molecule has 2 atom stereocenters. The highest BCUT2D eigenvalue weighted by Gasteiger charge is 2.36. The van der Waals surface area contributed by atoms with E-state index >= 15 is 0 Å². The summed E-state index contributed by atoms with van der Waals surface area (Å²) in [5.74, 6) is 0.0832. The fourth-order valence-electron chi connectivity index (χ4n) is 4.13. The van der Waals surface area contributed by atoms with Gasteiger partial charge in [-0.2, -0.15) is 0 Å². The monoisotopic (exact) mass is 434 g/mol. The highest BCUT2D eigenvalue weighted by atomic mass is 35.5. The van der Waals surface area contributed by atoms with Crippen molar-refractivity contribution in [3.8, 4) is 11.1 Å². The minimum atomic E-state index is -0.745. The summed E-state index contributed by atoms with van der Waals surface area (Å²) in [7, 11) is 0. The SMILES string of the molecule is O=C([C@@H](Cl)c1ccccc1)N1CCC[C@@H]1c1nc2cc(-c3cccc(F)c3)ccc2o1. The van der Waals surface area contributed by atoms with E-state index in [9.17, 15) is 9.18 Å². The van der Waals surface area contributed by atoms with Crippen LogP contribution in [0.1, 0.15) is 35.7 Å². The molecule has 31 heavy (non-hydrogen) atoms. The van der Waals surface area contributed by atoms with E-state index in [0.717, 1.165) is 29.5 Å². The summed E-state index contributed by atoms with van der Waals surface area (Å²) >= 11 is 6.50. The number of benzene rings is 3. The Labute approximate surface area is 184 Å². The Morgan fingerprint density at radius 3 is 2.68 bits per heavy atom. The van der Waals surface area contributed by atoms with Crippen LogP contribution in [0.15, 0.2) is 77.2 Å². The maximum Gasteiger partial charge on any atom is 0.245 e. The zero-order valence-corrected chi connectivity index (χ0v) is 17.4. The second-order valence-corrected chi connectivity index (χ2v) is 8.14. The predicted molar refractivity (Wildman–Crippen MR) is 118 cm³/mol. The Bertz CT molecular complexity index is 1240. The molecule has 1 fully saturated rings. The van der Waals surface area contributed by atoms with Gasteiger partial charge in [0.2, 0.25) is 11.8 Å². The van der Waals surface area contributed by atoms with Crippen molar-refractivity contribution in [1.82, 2.24) is 9.88 Å². The lowest BCUT2D eigenvalue weighted by atomic mass is 10.1. The molecule has 1 aliphatic heterocycles. The number of aromatic nitrogens is 1. The van der Waals surface area contributed by atoms with Gasteiger partial charge in [-0.05, 0) is 53.8 Å². The van der Waals surface area contributed by atoms with Crippen molar-refractivity contribution in [3.63, 3.8) is 0 Å². The van der Waals surface area contributed by atoms with E-state index < -0.39 is 5.38 Å². The molecule has 6 heteroatoms. The first-order valence-electron chi connectivity index (χ1n) is 10.3. The number of amides is 1. The van der Waals surface area contributed by atoms with Gasteiger partial charge in [0, 0.05) is 6.54 Å². The first-order valence-corrected chi connectivity index (χ1v) is 10.7. The molecule has 0 bridgehead atoms. The van der Waals surface area contributed by atoms with Crippen LogP contribution in [0.4, 0.5) is 4.39 Å². The minimum absolute atomic E-state index is 0.141. The Balaban J connectivity index is 1.43. The molecule has 4 nitrogen and oxygen atoms in total. The molecular formula is C25H20ClFN2O2. The number of nitrogens with zero attached hydrogens (tertiary/aromatic N) is 2. The number of rotatable bonds is 4. The third-order valence-electron chi connectivity index (χ3n) is 5.69. The van der Waals surface area contributed by atoms with Crippen molar-refractivity contribution in [1.29, 1.82) is 0 Å². The van der Waals surface area contributed by atoms with E-state index in [1.165, 1.54) is 12.1 Å². The van der Waals surface area contributed by atoms with E-state index in [4.69, 9.17) is 16.0 Å². The number of oxazole rings is 1. The summed E-state index contributed by atoms with van der Waals surface area (Å²) in [5, 5.41) is -0.745. The number of carbonyl (C=O) groups excluding carboxylic acids is 1. The summed E-state index contributed by atoms with van der Waals surface area (Å²) < 4.78 is 19.6. The lowest BCUT2D eigenvalue weighted by molar-refractivity contribution is -0.132. The molecule has 0 N–H and O–H groups in total. The lowest BCUT2D eigenvalue weighted by Crippen LogP contribution is -2.33. The lowest BCUT2D eigenvalue weighted by Gasteiger charge is -2.24. The van der Waals surface area contributed by atoms with E-state index in [1.54, 1.807) is 11.0 Å². The van der Waals surface area contributed by atoms with Gasteiger partial charge in [0.05, 0.1) is 0 Å². The molecule has 2 heterocycles. The average molecular weight is 435 g/mol. The van der Waals surface area contributed by atoms with Gasteiger partial charge in [-0.25, -0.2) is 9.37 Å². The molecule has 1 saturated heterocycles. The van der Waals surface area contributed by atoms with Crippen LogP contribution in [0.2, 0.25) is 0 Å². The quantitative estimate of drug-likeness (QED) is 0.355. The molecule has 5 rings (SSSR count). The van der Waals surface area contributed by atoms with Gasteiger partial charge in [-0.1, -0.05) is 48.5 Å². The van der Waals surface area contributed by atoms with Gasteiger partial charge >= 0.3 is 0 Å². The highest BCUT2D eigenvalue weighted by Crippen LogP contribution is 2.37. The molecule has 1 amide bonds. The zero-order valence-electron chi connectivity index (χ0n) is 16.7. The molecule has 1 aromatic heterocycles. The van der Waals surface area contributed by atoms with Crippen LogP contribution >= 0.6 is 11.6 Å². The number of hydrogen-bond donors (Lipinski definition) is 0. The number of hydrogen-bond acceptors (Lipinski definition) is 3. The summed E-state index contributed by atoms with van der Waals surface area (Å²) in [6.45, 7) is 0.618. The van der Waals surface area contributed by atoms with Gasteiger partial charge < -0.3 is 9.32 Å².